The van der Waals surface area contributed by atoms with E-state index in [4.69, 9.17) is 4.74 Å². The molecule has 5 nitrogen and oxygen atoms in total. The molecule has 5 heteroatoms. The molecule has 0 atom stereocenters. The molecule has 2 aromatic rings. The van der Waals surface area contributed by atoms with Crippen LogP contribution in [-0.2, 0) is 0 Å². The van der Waals surface area contributed by atoms with E-state index in [0.29, 0.717) is 6.04 Å². The zero-order valence-electron chi connectivity index (χ0n) is 9.63. The fraction of sp³-hybridized carbons (Fsp3) is 0.333. The van der Waals surface area contributed by atoms with Crippen LogP contribution in [0.2, 0.25) is 0 Å². The molecule has 0 radical (unpaired) electrons. The molecule has 3 rings (SSSR count). The second-order valence-corrected chi connectivity index (χ2v) is 4.10. The minimum absolute atomic E-state index is 0.436. The van der Waals surface area contributed by atoms with Gasteiger partial charge in [0.2, 0.25) is 0 Å². The Morgan fingerprint density at radius 2 is 2.18 bits per heavy atom. The average Bonchev–Trinajstić information content (AvgIpc) is 2.76. The van der Waals surface area contributed by atoms with Crippen molar-refractivity contribution in [3.05, 3.63) is 30.5 Å². The van der Waals surface area contributed by atoms with Gasteiger partial charge in [-0.05, 0) is 12.1 Å². The molecular weight excluding hydrogens is 216 g/mol. The Balaban J connectivity index is 1.94. The zero-order chi connectivity index (χ0) is 11.7. The molecule has 0 aliphatic carbocycles. The van der Waals surface area contributed by atoms with Crippen molar-refractivity contribution in [1.82, 2.24) is 20.3 Å². The minimum atomic E-state index is 0.436. The van der Waals surface area contributed by atoms with Crippen molar-refractivity contribution >= 4 is 0 Å². The number of rotatable bonds is 3. The third-order valence-corrected chi connectivity index (χ3v) is 3.03. The van der Waals surface area contributed by atoms with Gasteiger partial charge in [-0.2, -0.15) is 0 Å². The van der Waals surface area contributed by atoms with E-state index in [0.717, 1.165) is 30.1 Å². The van der Waals surface area contributed by atoms with Crippen LogP contribution in [0.5, 0.6) is 5.75 Å². The number of benzene rings is 1. The average molecular weight is 230 g/mol. The van der Waals surface area contributed by atoms with Crippen LogP contribution < -0.4 is 10.1 Å². The number of ether oxygens (including phenoxy) is 1. The minimum Gasteiger partial charge on any atom is -0.496 e. The summed E-state index contributed by atoms with van der Waals surface area (Å²) in [7, 11) is 1.67. The summed E-state index contributed by atoms with van der Waals surface area (Å²) in [5.41, 5.74) is 1.84. The fourth-order valence-corrected chi connectivity index (χ4v) is 1.90. The van der Waals surface area contributed by atoms with Crippen molar-refractivity contribution in [2.24, 2.45) is 0 Å². The molecule has 0 amide bonds. The summed E-state index contributed by atoms with van der Waals surface area (Å²) in [6.45, 7) is 1.93. The van der Waals surface area contributed by atoms with Gasteiger partial charge >= 0.3 is 0 Å². The third kappa shape index (κ3) is 1.78. The maximum absolute atomic E-state index is 5.32. The molecule has 1 N–H and O–H groups in total. The maximum atomic E-state index is 5.32. The summed E-state index contributed by atoms with van der Waals surface area (Å²) >= 11 is 0. The van der Waals surface area contributed by atoms with Crippen LogP contribution in [0, 0.1) is 0 Å². The Morgan fingerprint density at radius 1 is 1.35 bits per heavy atom. The molecule has 0 saturated carbocycles. The van der Waals surface area contributed by atoms with Gasteiger partial charge in [-0.15, -0.1) is 5.10 Å². The molecule has 1 aromatic heterocycles. The van der Waals surface area contributed by atoms with Crippen LogP contribution in [-0.4, -0.2) is 35.2 Å². The third-order valence-electron chi connectivity index (χ3n) is 3.03. The number of hydrogen-bond acceptors (Lipinski definition) is 4. The Hall–Kier alpha value is -1.88. The first-order chi connectivity index (χ1) is 8.38. The molecule has 88 valence electrons. The van der Waals surface area contributed by atoms with E-state index in [1.807, 2.05) is 35.1 Å². The highest BCUT2D eigenvalue weighted by molar-refractivity contribution is 5.66. The Kier molecular flexibility index (Phi) is 2.53. The molecule has 1 aliphatic rings. The van der Waals surface area contributed by atoms with E-state index in [9.17, 15) is 0 Å². The quantitative estimate of drug-likeness (QED) is 0.857. The van der Waals surface area contributed by atoms with Crippen molar-refractivity contribution in [2.75, 3.05) is 20.2 Å². The molecule has 17 heavy (non-hydrogen) atoms. The topological polar surface area (TPSA) is 52.0 Å². The van der Waals surface area contributed by atoms with Gasteiger partial charge in [0.1, 0.15) is 11.4 Å². The lowest BCUT2D eigenvalue weighted by molar-refractivity contribution is 0.313. The summed E-state index contributed by atoms with van der Waals surface area (Å²) in [6, 6.07) is 8.28. The molecule has 1 aliphatic heterocycles. The number of hydrogen-bond donors (Lipinski definition) is 1. The van der Waals surface area contributed by atoms with Crippen molar-refractivity contribution in [3.63, 3.8) is 0 Å². The Morgan fingerprint density at radius 3 is 2.88 bits per heavy atom. The number of methoxy groups -OCH3 is 1. The molecule has 0 unspecified atom stereocenters. The summed E-state index contributed by atoms with van der Waals surface area (Å²) in [5, 5.41) is 11.6. The van der Waals surface area contributed by atoms with Crippen LogP contribution in [0.3, 0.4) is 0 Å². The maximum Gasteiger partial charge on any atom is 0.128 e. The van der Waals surface area contributed by atoms with Gasteiger partial charge in [0.15, 0.2) is 0 Å². The number of para-hydroxylation sites is 1. The monoisotopic (exact) mass is 230 g/mol. The Labute approximate surface area is 99.4 Å². The highest BCUT2D eigenvalue weighted by Crippen LogP contribution is 2.28. The van der Waals surface area contributed by atoms with Crippen LogP contribution in [0.25, 0.3) is 11.3 Å². The van der Waals surface area contributed by atoms with Gasteiger partial charge in [0.05, 0.1) is 19.3 Å². The number of nitrogens with one attached hydrogen (secondary N) is 1. The predicted octanol–water partition coefficient (Wildman–Crippen LogP) is 1.10. The highest BCUT2D eigenvalue weighted by atomic mass is 16.5. The van der Waals surface area contributed by atoms with Crippen molar-refractivity contribution < 1.29 is 4.74 Å². The van der Waals surface area contributed by atoms with Crippen molar-refractivity contribution in [2.45, 2.75) is 6.04 Å². The normalized spacial score (nSPS) is 15.6. The SMILES string of the molecule is COc1ccccc1-c1cn(C2CNC2)nn1. The summed E-state index contributed by atoms with van der Waals surface area (Å²) in [5.74, 6) is 0.825. The molecule has 1 aromatic carbocycles. The van der Waals surface area contributed by atoms with Crippen molar-refractivity contribution in [1.29, 1.82) is 0 Å². The van der Waals surface area contributed by atoms with E-state index < -0.39 is 0 Å². The van der Waals surface area contributed by atoms with Crippen LogP contribution in [0.15, 0.2) is 30.5 Å². The van der Waals surface area contributed by atoms with Gasteiger partial charge in [-0.3, -0.25) is 0 Å². The Bertz CT molecular complexity index is 519. The van der Waals surface area contributed by atoms with E-state index in [-0.39, 0.29) is 0 Å². The zero-order valence-corrected chi connectivity index (χ0v) is 9.63. The second-order valence-electron chi connectivity index (χ2n) is 4.10. The van der Waals surface area contributed by atoms with E-state index in [2.05, 4.69) is 15.6 Å². The lowest BCUT2D eigenvalue weighted by Gasteiger charge is -2.26. The molecule has 1 fully saturated rings. The molecule has 0 spiro atoms. The molecule has 0 bridgehead atoms. The smallest absolute Gasteiger partial charge is 0.128 e. The fourth-order valence-electron chi connectivity index (χ4n) is 1.90. The first kappa shape index (κ1) is 10.3. The summed E-state index contributed by atoms with van der Waals surface area (Å²) in [6.07, 6.45) is 1.98. The number of nitrogens with zero attached hydrogens (tertiary/aromatic N) is 3. The highest BCUT2D eigenvalue weighted by Gasteiger charge is 2.20. The standard InChI is InChI=1S/C12H14N4O/c1-17-12-5-3-2-4-10(12)11-8-16(15-14-11)9-6-13-7-9/h2-5,8-9,13H,6-7H2,1H3. The van der Waals surface area contributed by atoms with Crippen LogP contribution in [0.1, 0.15) is 6.04 Å². The first-order valence-electron chi connectivity index (χ1n) is 5.64. The second kappa shape index (κ2) is 4.18. The van der Waals surface area contributed by atoms with Crippen LogP contribution >= 0.6 is 0 Å². The predicted molar refractivity (Wildman–Crippen MR) is 63.9 cm³/mol. The van der Waals surface area contributed by atoms with E-state index in [1.54, 1.807) is 7.11 Å². The van der Waals surface area contributed by atoms with Gasteiger partial charge in [-0.1, -0.05) is 17.3 Å². The van der Waals surface area contributed by atoms with Crippen molar-refractivity contribution in [3.8, 4) is 17.0 Å². The van der Waals surface area contributed by atoms with Gasteiger partial charge < -0.3 is 10.1 Å². The lowest BCUT2D eigenvalue weighted by atomic mass is 10.1. The molecular formula is C12H14N4O. The summed E-state index contributed by atoms with van der Waals surface area (Å²) < 4.78 is 7.24. The van der Waals surface area contributed by atoms with Gasteiger partial charge in [0.25, 0.3) is 0 Å². The molecule has 1 saturated heterocycles. The van der Waals surface area contributed by atoms with Gasteiger partial charge in [-0.25, -0.2) is 4.68 Å². The number of aromatic nitrogens is 3. The van der Waals surface area contributed by atoms with Crippen LogP contribution in [0.4, 0.5) is 0 Å². The molecule has 2 heterocycles. The van der Waals surface area contributed by atoms with E-state index >= 15 is 0 Å². The van der Waals surface area contributed by atoms with Gasteiger partial charge in [0, 0.05) is 18.7 Å². The summed E-state index contributed by atoms with van der Waals surface area (Å²) in [4.78, 5) is 0. The lowest BCUT2D eigenvalue weighted by Crippen LogP contribution is -2.43. The largest absolute Gasteiger partial charge is 0.496 e. The van der Waals surface area contributed by atoms with E-state index in [1.165, 1.54) is 0 Å². The first-order valence-corrected chi connectivity index (χ1v) is 5.64.